The van der Waals surface area contributed by atoms with Gasteiger partial charge in [0.15, 0.2) is 0 Å². The Morgan fingerprint density at radius 3 is 2.31 bits per heavy atom. The van der Waals surface area contributed by atoms with E-state index in [0.717, 1.165) is 85.5 Å². The molecule has 1 saturated heterocycles. The molecule has 0 amide bonds. The van der Waals surface area contributed by atoms with Crippen LogP contribution in [-0.4, -0.2) is 87.8 Å². The molecule has 0 unspecified atom stereocenters. The highest BCUT2D eigenvalue weighted by Gasteiger charge is 2.21. The van der Waals surface area contributed by atoms with Crippen molar-refractivity contribution in [3.63, 3.8) is 0 Å². The quantitative estimate of drug-likeness (QED) is 0.460. The lowest BCUT2D eigenvalue weighted by Gasteiger charge is -2.26. The minimum absolute atomic E-state index is 0.000323. The van der Waals surface area contributed by atoms with Crippen LogP contribution >= 0.6 is 0 Å². The Morgan fingerprint density at radius 2 is 1.69 bits per heavy atom. The van der Waals surface area contributed by atoms with Crippen LogP contribution in [0.3, 0.4) is 0 Å². The monoisotopic (exact) mass is 486 g/mol. The topological polar surface area (TPSA) is 78.0 Å². The first-order valence-electron chi connectivity index (χ1n) is 12.7. The second-order valence-corrected chi connectivity index (χ2v) is 9.03. The van der Waals surface area contributed by atoms with Crippen LogP contribution in [0.2, 0.25) is 0 Å². The lowest BCUT2D eigenvalue weighted by atomic mass is 9.98. The van der Waals surface area contributed by atoms with Crippen LogP contribution < -0.4 is 10.1 Å². The number of aromatic nitrogens is 2. The number of ether oxygens (including phenoxy) is 4. The molecule has 194 valence electrons. The van der Waals surface area contributed by atoms with Crippen molar-refractivity contribution in [2.45, 2.75) is 46.6 Å². The van der Waals surface area contributed by atoms with E-state index in [1.165, 1.54) is 5.56 Å². The van der Waals surface area contributed by atoms with Crippen molar-refractivity contribution in [1.29, 1.82) is 0 Å². The SMILES string of the molecule is CCc1nc(-c2c(C)cc(C)cc2OCCN2CCOCC2)c(CC)nc1NC(COC)COC. The van der Waals surface area contributed by atoms with Gasteiger partial charge in [0.05, 0.1) is 49.6 Å². The van der Waals surface area contributed by atoms with Gasteiger partial charge < -0.3 is 24.3 Å². The third-order valence-corrected chi connectivity index (χ3v) is 6.24. The molecular weight excluding hydrogens is 444 g/mol. The Balaban J connectivity index is 1.93. The molecule has 1 N–H and O–H groups in total. The summed E-state index contributed by atoms with van der Waals surface area (Å²) in [5.41, 5.74) is 6.14. The predicted octanol–water partition coefficient (Wildman–Crippen LogP) is 3.67. The summed E-state index contributed by atoms with van der Waals surface area (Å²) in [6.07, 6.45) is 1.53. The number of benzene rings is 1. The van der Waals surface area contributed by atoms with E-state index in [4.69, 9.17) is 28.9 Å². The van der Waals surface area contributed by atoms with Crippen molar-refractivity contribution in [3.05, 3.63) is 34.6 Å². The fourth-order valence-electron chi connectivity index (χ4n) is 4.50. The molecule has 0 bridgehead atoms. The maximum Gasteiger partial charge on any atom is 0.148 e. The fourth-order valence-corrected chi connectivity index (χ4v) is 4.50. The molecule has 0 radical (unpaired) electrons. The van der Waals surface area contributed by atoms with E-state index >= 15 is 0 Å². The number of nitrogens with one attached hydrogen (secondary N) is 1. The van der Waals surface area contributed by atoms with Crippen molar-refractivity contribution in [1.82, 2.24) is 14.9 Å². The molecule has 0 atom stereocenters. The van der Waals surface area contributed by atoms with Crippen molar-refractivity contribution in [2.24, 2.45) is 0 Å². The van der Waals surface area contributed by atoms with Crippen molar-refractivity contribution < 1.29 is 18.9 Å². The Bertz CT molecular complexity index is 941. The zero-order chi connectivity index (χ0) is 25.2. The van der Waals surface area contributed by atoms with Crippen LogP contribution in [0.1, 0.15) is 36.4 Å². The van der Waals surface area contributed by atoms with Crippen molar-refractivity contribution in [2.75, 3.05) is 72.2 Å². The standard InChI is InChI=1S/C27H42N4O4/c1-7-22-26(29-23(8-2)27(30-22)28-21(17-32-5)18-33-6)25-20(4)15-19(3)16-24(25)35-14-11-31-9-12-34-13-10-31/h15-16,21H,7-14,17-18H2,1-6H3,(H,28,30). The van der Waals surface area contributed by atoms with E-state index in [0.29, 0.717) is 19.8 Å². The third-order valence-electron chi connectivity index (χ3n) is 6.24. The van der Waals surface area contributed by atoms with E-state index in [1.807, 2.05) is 0 Å². The summed E-state index contributed by atoms with van der Waals surface area (Å²) >= 11 is 0. The van der Waals surface area contributed by atoms with Gasteiger partial charge in [-0.1, -0.05) is 19.9 Å². The van der Waals surface area contributed by atoms with Crippen LogP contribution in [0, 0.1) is 13.8 Å². The van der Waals surface area contributed by atoms with Gasteiger partial charge in [-0.3, -0.25) is 4.90 Å². The molecule has 1 aliphatic rings. The molecule has 0 aliphatic carbocycles. The number of rotatable bonds is 13. The Hall–Kier alpha value is -2.26. The van der Waals surface area contributed by atoms with Gasteiger partial charge in [0, 0.05) is 39.4 Å². The number of hydrogen-bond donors (Lipinski definition) is 1. The van der Waals surface area contributed by atoms with Crippen LogP contribution in [0.5, 0.6) is 5.75 Å². The van der Waals surface area contributed by atoms with Gasteiger partial charge in [-0.2, -0.15) is 0 Å². The molecule has 0 saturated carbocycles. The molecule has 8 heteroatoms. The zero-order valence-electron chi connectivity index (χ0n) is 22.3. The van der Waals surface area contributed by atoms with Crippen molar-refractivity contribution >= 4 is 5.82 Å². The summed E-state index contributed by atoms with van der Waals surface area (Å²) < 4.78 is 22.6. The molecule has 35 heavy (non-hydrogen) atoms. The highest BCUT2D eigenvalue weighted by Crippen LogP contribution is 2.36. The number of hydrogen-bond acceptors (Lipinski definition) is 8. The molecule has 2 heterocycles. The summed E-state index contributed by atoms with van der Waals surface area (Å²) in [5.74, 6) is 1.67. The van der Waals surface area contributed by atoms with Crippen LogP contribution in [0.15, 0.2) is 12.1 Å². The molecular formula is C27H42N4O4. The number of methoxy groups -OCH3 is 2. The number of aryl methyl sites for hydroxylation is 4. The smallest absolute Gasteiger partial charge is 0.148 e. The molecule has 1 aliphatic heterocycles. The molecule has 2 aromatic rings. The van der Waals surface area contributed by atoms with E-state index in [2.05, 4.69) is 50.0 Å². The molecule has 1 aromatic carbocycles. The summed E-state index contributed by atoms with van der Waals surface area (Å²) in [4.78, 5) is 12.6. The normalized spacial score (nSPS) is 14.5. The van der Waals surface area contributed by atoms with E-state index in [1.54, 1.807) is 14.2 Å². The third kappa shape index (κ3) is 7.36. The van der Waals surface area contributed by atoms with Gasteiger partial charge in [0.2, 0.25) is 0 Å². The second-order valence-electron chi connectivity index (χ2n) is 9.03. The Labute approximate surface area is 210 Å². The molecule has 0 spiro atoms. The summed E-state index contributed by atoms with van der Waals surface area (Å²) in [6.45, 7) is 14.5. The van der Waals surface area contributed by atoms with Crippen LogP contribution in [-0.2, 0) is 27.1 Å². The first-order chi connectivity index (χ1) is 17.0. The lowest BCUT2D eigenvalue weighted by molar-refractivity contribution is 0.0323. The maximum atomic E-state index is 6.39. The van der Waals surface area contributed by atoms with Gasteiger partial charge in [0.1, 0.15) is 18.2 Å². The van der Waals surface area contributed by atoms with Crippen LogP contribution in [0.25, 0.3) is 11.3 Å². The first kappa shape index (κ1) is 27.3. The minimum atomic E-state index is 0.000323. The van der Waals surface area contributed by atoms with Gasteiger partial charge in [-0.05, 0) is 43.9 Å². The molecule has 1 fully saturated rings. The second kappa shape index (κ2) is 13.7. The van der Waals surface area contributed by atoms with Gasteiger partial charge in [0.25, 0.3) is 0 Å². The lowest BCUT2D eigenvalue weighted by Crippen LogP contribution is -2.38. The minimum Gasteiger partial charge on any atom is -0.492 e. The summed E-state index contributed by atoms with van der Waals surface area (Å²) in [6, 6.07) is 4.31. The first-order valence-corrected chi connectivity index (χ1v) is 12.7. The largest absolute Gasteiger partial charge is 0.492 e. The predicted molar refractivity (Wildman–Crippen MR) is 140 cm³/mol. The van der Waals surface area contributed by atoms with E-state index in [9.17, 15) is 0 Å². The van der Waals surface area contributed by atoms with Gasteiger partial charge in [-0.15, -0.1) is 0 Å². The van der Waals surface area contributed by atoms with E-state index < -0.39 is 0 Å². The molecule has 1 aromatic heterocycles. The maximum absolute atomic E-state index is 6.39. The summed E-state index contributed by atoms with van der Waals surface area (Å²) in [5, 5.41) is 3.49. The molecule has 8 nitrogen and oxygen atoms in total. The number of morpholine rings is 1. The average molecular weight is 487 g/mol. The van der Waals surface area contributed by atoms with E-state index in [-0.39, 0.29) is 6.04 Å². The summed E-state index contributed by atoms with van der Waals surface area (Å²) in [7, 11) is 3.39. The van der Waals surface area contributed by atoms with Crippen molar-refractivity contribution in [3.8, 4) is 17.0 Å². The Morgan fingerprint density at radius 1 is 1.00 bits per heavy atom. The van der Waals surface area contributed by atoms with Gasteiger partial charge >= 0.3 is 0 Å². The number of anilines is 1. The molecule has 3 rings (SSSR count). The highest BCUT2D eigenvalue weighted by molar-refractivity contribution is 5.74. The van der Waals surface area contributed by atoms with Crippen LogP contribution in [0.4, 0.5) is 5.82 Å². The Kier molecular flexibility index (Phi) is 10.7. The zero-order valence-corrected chi connectivity index (χ0v) is 22.3. The average Bonchev–Trinajstić information content (AvgIpc) is 2.85. The highest BCUT2D eigenvalue weighted by atomic mass is 16.5. The van der Waals surface area contributed by atoms with Gasteiger partial charge in [-0.25, -0.2) is 9.97 Å². The fraction of sp³-hybridized carbons (Fsp3) is 0.630. The number of nitrogens with zero attached hydrogens (tertiary/aromatic N) is 3.